The highest BCUT2D eigenvalue weighted by molar-refractivity contribution is 7.89. The van der Waals surface area contributed by atoms with Gasteiger partial charge < -0.3 is 15.0 Å². The Balaban J connectivity index is 1.55. The normalized spacial score (nSPS) is 19.7. The van der Waals surface area contributed by atoms with Gasteiger partial charge in [0.25, 0.3) is 0 Å². The Morgan fingerprint density at radius 2 is 1.63 bits per heavy atom. The zero-order valence-electron chi connectivity index (χ0n) is 17.2. The van der Waals surface area contributed by atoms with E-state index >= 15 is 0 Å². The Kier molecular flexibility index (Phi) is 7.53. The van der Waals surface area contributed by atoms with Gasteiger partial charge >= 0.3 is 6.03 Å². The van der Waals surface area contributed by atoms with E-state index in [9.17, 15) is 13.2 Å². The number of hydrogen-bond acceptors (Lipinski definition) is 5. The van der Waals surface area contributed by atoms with Crippen LogP contribution in [-0.4, -0.2) is 93.1 Å². The number of halogens is 2. The molecular formula is C19H28Cl2N4O4S. The first-order valence-corrected chi connectivity index (χ1v) is 12.1. The van der Waals surface area contributed by atoms with Crippen LogP contribution in [0.1, 0.15) is 13.8 Å². The van der Waals surface area contributed by atoms with E-state index in [-0.39, 0.29) is 39.6 Å². The van der Waals surface area contributed by atoms with Gasteiger partial charge in [-0.05, 0) is 26.0 Å². The maximum Gasteiger partial charge on any atom is 0.317 e. The predicted molar refractivity (Wildman–Crippen MR) is 117 cm³/mol. The van der Waals surface area contributed by atoms with Gasteiger partial charge in [-0.3, -0.25) is 4.90 Å². The third-order valence-corrected chi connectivity index (χ3v) is 8.44. The lowest BCUT2D eigenvalue weighted by Crippen LogP contribution is -2.58. The maximum absolute atomic E-state index is 13.0. The number of urea groups is 1. The fourth-order valence-electron chi connectivity index (χ4n) is 3.67. The second-order valence-corrected chi connectivity index (χ2v) is 10.7. The minimum absolute atomic E-state index is 0.0847. The van der Waals surface area contributed by atoms with Crippen LogP contribution in [0.25, 0.3) is 0 Å². The molecule has 1 aromatic carbocycles. The van der Waals surface area contributed by atoms with E-state index in [1.807, 2.05) is 0 Å². The van der Waals surface area contributed by atoms with Crippen LogP contribution in [0.5, 0.6) is 0 Å². The van der Waals surface area contributed by atoms with Crippen LogP contribution >= 0.6 is 23.2 Å². The fraction of sp³-hybridized carbons (Fsp3) is 0.632. The number of hydrogen-bond donors (Lipinski definition) is 1. The Hall–Kier alpha value is -1.10. The predicted octanol–water partition coefficient (Wildman–Crippen LogP) is 2.12. The molecule has 2 heterocycles. The van der Waals surface area contributed by atoms with E-state index in [2.05, 4.69) is 24.1 Å². The summed E-state index contributed by atoms with van der Waals surface area (Å²) in [4.78, 5) is 16.5. The zero-order valence-corrected chi connectivity index (χ0v) is 19.6. The molecule has 0 saturated carbocycles. The highest BCUT2D eigenvalue weighted by Gasteiger charge is 2.34. The van der Waals surface area contributed by atoms with Crippen LogP contribution in [0, 0.1) is 0 Å². The summed E-state index contributed by atoms with van der Waals surface area (Å²) in [6.45, 7) is 8.72. The lowest BCUT2D eigenvalue weighted by atomic mass is 10.0. The summed E-state index contributed by atoms with van der Waals surface area (Å²) in [5, 5.41) is 3.17. The number of morpholine rings is 1. The summed E-state index contributed by atoms with van der Waals surface area (Å²) in [5.41, 5.74) is -0.189. The largest absolute Gasteiger partial charge is 0.379 e. The van der Waals surface area contributed by atoms with Crippen LogP contribution in [0.3, 0.4) is 0 Å². The summed E-state index contributed by atoms with van der Waals surface area (Å²) >= 11 is 12.2. The Bertz CT molecular complexity index is 847. The van der Waals surface area contributed by atoms with E-state index < -0.39 is 10.0 Å². The van der Waals surface area contributed by atoms with Crippen molar-refractivity contribution in [1.82, 2.24) is 19.4 Å². The highest BCUT2D eigenvalue weighted by Crippen LogP contribution is 2.31. The monoisotopic (exact) mass is 478 g/mol. The molecule has 0 spiro atoms. The van der Waals surface area contributed by atoms with Gasteiger partial charge in [0.15, 0.2) is 0 Å². The SMILES string of the molecule is CC(C)(CNC(=O)N1CCN(S(=O)(=O)c2c(Cl)cccc2Cl)CC1)N1CCOCC1. The molecule has 2 saturated heterocycles. The summed E-state index contributed by atoms with van der Waals surface area (Å²) in [5.74, 6) is 0. The first kappa shape index (κ1) is 23.6. The number of ether oxygens (including phenoxy) is 1. The number of nitrogens with one attached hydrogen (secondary N) is 1. The number of sulfonamides is 1. The van der Waals surface area contributed by atoms with Gasteiger partial charge in [0.1, 0.15) is 4.90 Å². The van der Waals surface area contributed by atoms with Gasteiger partial charge in [0, 0.05) is 51.4 Å². The molecule has 0 bridgehead atoms. The van der Waals surface area contributed by atoms with Gasteiger partial charge in [0.05, 0.1) is 23.3 Å². The van der Waals surface area contributed by atoms with Crippen molar-refractivity contribution in [2.45, 2.75) is 24.3 Å². The summed E-state index contributed by atoms with van der Waals surface area (Å²) in [7, 11) is -3.83. The Morgan fingerprint density at radius 1 is 1.07 bits per heavy atom. The quantitative estimate of drug-likeness (QED) is 0.700. The van der Waals surface area contributed by atoms with E-state index in [4.69, 9.17) is 27.9 Å². The fourth-order valence-corrected chi connectivity index (χ4v) is 6.19. The van der Waals surface area contributed by atoms with Crippen molar-refractivity contribution >= 4 is 39.3 Å². The molecule has 0 aliphatic carbocycles. The molecule has 0 atom stereocenters. The van der Waals surface area contributed by atoms with Gasteiger partial charge in [-0.25, -0.2) is 13.2 Å². The molecule has 0 aromatic heterocycles. The first-order chi connectivity index (χ1) is 14.1. The van der Waals surface area contributed by atoms with E-state index in [0.717, 1.165) is 13.1 Å². The molecule has 2 fully saturated rings. The van der Waals surface area contributed by atoms with Crippen LogP contribution in [0.4, 0.5) is 4.79 Å². The molecule has 168 valence electrons. The van der Waals surface area contributed by atoms with Crippen LogP contribution in [0.2, 0.25) is 10.0 Å². The third kappa shape index (κ3) is 5.20. The van der Waals surface area contributed by atoms with Crippen molar-refractivity contribution < 1.29 is 17.9 Å². The molecule has 30 heavy (non-hydrogen) atoms. The Labute approximate surface area is 188 Å². The molecule has 8 nitrogen and oxygen atoms in total. The van der Waals surface area contributed by atoms with Gasteiger partial charge in [-0.15, -0.1) is 0 Å². The van der Waals surface area contributed by atoms with E-state index in [1.54, 1.807) is 11.0 Å². The molecule has 1 aromatic rings. The minimum Gasteiger partial charge on any atom is -0.379 e. The molecule has 0 unspecified atom stereocenters. The lowest BCUT2D eigenvalue weighted by Gasteiger charge is -2.41. The highest BCUT2D eigenvalue weighted by atomic mass is 35.5. The number of carbonyl (C=O) groups is 1. The maximum atomic E-state index is 13.0. The second kappa shape index (κ2) is 9.58. The molecule has 3 rings (SSSR count). The topological polar surface area (TPSA) is 82.2 Å². The van der Waals surface area contributed by atoms with Crippen molar-refractivity contribution in [3.63, 3.8) is 0 Å². The van der Waals surface area contributed by atoms with Gasteiger partial charge in [-0.1, -0.05) is 29.3 Å². The molecule has 2 aliphatic heterocycles. The molecule has 1 N–H and O–H groups in total. The van der Waals surface area contributed by atoms with Crippen molar-refractivity contribution in [3.05, 3.63) is 28.2 Å². The molecule has 2 aliphatic rings. The minimum atomic E-state index is -3.83. The zero-order chi connectivity index (χ0) is 21.9. The first-order valence-electron chi connectivity index (χ1n) is 9.93. The summed E-state index contributed by atoms with van der Waals surface area (Å²) in [6.07, 6.45) is 0. The van der Waals surface area contributed by atoms with Crippen LogP contribution in [0.15, 0.2) is 23.1 Å². The van der Waals surface area contributed by atoms with Crippen molar-refractivity contribution in [2.75, 3.05) is 59.0 Å². The van der Waals surface area contributed by atoms with Crippen molar-refractivity contribution in [3.8, 4) is 0 Å². The van der Waals surface area contributed by atoms with Crippen LogP contribution in [-0.2, 0) is 14.8 Å². The summed E-state index contributed by atoms with van der Waals surface area (Å²) in [6, 6.07) is 4.41. The summed E-state index contributed by atoms with van der Waals surface area (Å²) < 4.78 is 32.6. The molecule has 11 heteroatoms. The number of piperazine rings is 1. The molecule has 0 radical (unpaired) electrons. The van der Waals surface area contributed by atoms with E-state index in [0.29, 0.717) is 32.8 Å². The van der Waals surface area contributed by atoms with Gasteiger partial charge in [0.2, 0.25) is 10.0 Å². The van der Waals surface area contributed by atoms with Crippen LogP contribution < -0.4 is 5.32 Å². The van der Waals surface area contributed by atoms with E-state index in [1.165, 1.54) is 16.4 Å². The van der Waals surface area contributed by atoms with Gasteiger partial charge in [-0.2, -0.15) is 4.31 Å². The second-order valence-electron chi connectivity index (χ2n) is 8.01. The standard InChI is InChI=1S/C19H28Cl2N4O4S/c1-19(2,24-10-12-29-13-11-24)14-22-18(26)23-6-8-25(9-7-23)30(27,28)17-15(20)4-3-5-16(17)21/h3-5H,6-14H2,1-2H3,(H,22,26). The average molecular weight is 479 g/mol. The Morgan fingerprint density at radius 3 is 2.20 bits per heavy atom. The lowest BCUT2D eigenvalue weighted by molar-refractivity contribution is -0.00911. The number of carbonyl (C=O) groups excluding carboxylic acids is 1. The average Bonchev–Trinajstić information content (AvgIpc) is 2.72. The molecule has 2 amide bonds. The smallest absolute Gasteiger partial charge is 0.317 e. The third-order valence-electron chi connectivity index (χ3n) is 5.58. The van der Waals surface area contributed by atoms with Crippen molar-refractivity contribution in [2.24, 2.45) is 0 Å². The number of nitrogens with zero attached hydrogens (tertiary/aromatic N) is 3. The molecular weight excluding hydrogens is 451 g/mol. The number of rotatable bonds is 5. The number of benzene rings is 1. The van der Waals surface area contributed by atoms with Crippen molar-refractivity contribution in [1.29, 1.82) is 0 Å². The number of amides is 2.